The molecule has 1 aromatic heterocycles. The van der Waals surface area contributed by atoms with Crippen LogP contribution in [0.5, 0.6) is 5.75 Å². The average molecular weight is 313 g/mol. The first kappa shape index (κ1) is 14.3. The maximum atomic E-state index is 11.9. The normalized spacial score (nSPS) is 10.4. The van der Waals surface area contributed by atoms with Crippen molar-refractivity contribution in [2.75, 3.05) is 12.4 Å². The number of methoxy groups -OCH3 is 1. The van der Waals surface area contributed by atoms with Gasteiger partial charge in [0, 0.05) is 6.54 Å². The van der Waals surface area contributed by atoms with Crippen LogP contribution in [0.15, 0.2) is 48.5 Å². The maximum absolute atomic E-state index is 11.9. The Bertz CT molecular complexity index is 768. The van der Waals surface area contributed by atoms with Crippen LogP contribution in [0, 0.1) is 0 Å². The summed E-state index contributed by atoms with van der Waals surface area (Å²) in [6.45, 7) is 0.425. The van der Waals surface area contributed by atoms with Crippen LogP contribution in [0.3, 0.4) is 0 Å². The molecule has 0 saturated heterocycles. The van der Waals surface area contributed by atoms with E-state index < -0.39 is 0 Å². The van der Waals surface area contributed by atoms with Gasteiger partial charge in [-0.2, -0.15) is 0 Å². The zero-order valence-electron chi connectivity index (χ0n) is 12.0. The van der Waals surface area contributed by atoms with Gasteiger partial charge in [-0.3, -0.25) is 5.32 Å². The van der Waals surface area contributed by atoms with E-state index in [1.165, 1.54) is 11.3 Å². The first-order valence-corrected chi connectivity index (χ1v) is 7.59. The number of hydrogen-bond donors (Lipinski definition) is 2. The Kier molecular flexibility index (Phi) is 4.20. The van der Waals surface area contributed by atoms with E-state index in [1.807, 2.05) is 48.5 Å². The van der Waals surface area contributed by atoms with Crippen molar-refractivity contribution in [1.29, 1.82) is 0 Å². The molecule has 0 unspecified atom stereocenters. The molecule has 0 fully saturated rings. The lowest BCUT2D eigenvalue weighted by molar-refractivity contribution is 0.251. The number of carbonyl (C=O) groups excluding carboxylic acids is 1. The number of hydrogen-bond acceptors (Lipinski definition) is 4. The van der Waals surface area contributed by atoms with Crippen molar-refractivity contribution in [2.24, 2.45) is 0 Å². The van der Waals surface area contributed by atoms with Gasteiger partial charge in [-0.05, 0) is 29.8 Å². The fourth-order valence-corrected chi connectivity index (χ4v) is 2.89. The number of urea groups is 1. The number of fused-ring (bicyclic) bond motifs is 1. The second-order valence-electron chi connectivity index (χ2n) is 4.65. The summed E-state index contributed by atoms with van der Waals surface area (Å²) in [6.07, 6.45) is 0. The number of para-hydroxylation sites is 1. The summed E-state index contributed by atoms with van der Waals surface area (Å²) < 4.78 is 6.20. The minimum absolute atomic E-state index is 0.276. The number of aromatic nitrogens is 1. The number of carbonyl (C=O) groups is 1. The SMILES string of the molecule is COc1cccc(CNC(=O)Nc2nc3ccccc3s2)c1. The molecule has 1 heterocycles. The second-order valence-corrected chi connectivity index (χ2v) is 5.68. The molecule has 112 valence electrons. The summed E-state index contributed by atoms with van der Waals surface area (Å²) in [6, 6.07) is 15.1. The highest BCUT2D eigenvalue weighted by Crippen LogP contribution is 2.25. The molecule has 3 aromatic rings. The number of ether oxygens (including phenoxy) is 1. The Hall–Kier alpha value is -2.60. The van der Waals surface area contributed by atoms with Gasteiger partial charge in [0.05, 0.1) is 17.3 Å². The predicted octanol–water partition coefficient (Wildman–Crippen LogP) is 3.63. The third-order valence-electron chi connectivity index (χ3n) is 3.10. The highest BCUT2D eigenvalue weighted by Gasteiger charge is 2.07. The van der Waals surface area contributed by atoms with E-state index in [2.05, 4.69) is 15.6 Å². The highest BCUT2D eigenvalue weighted by atomic mass is 32.1. The fourth-order valence-electron chi connectivity index (χ4n) is 2.03. The Morgan fingerprint density at radius 1 is 1.23 bits per heavy atom. The van der Waals surface area contributed by atoms with Crippen molar-refractivity contribution in [3.63, 3.8) is 0 Å². The molecule has 0 aliphatic carbocycles. The summed E-state index contributed by atoms with van der Waals surface area (Å²) >= 11 is 1.45. The van der Waals surface area contributed by atoms with E-state index in [4.69, 9.17) is 4.74 Å². The number of anilines is 1. The van der Waals surface area contributed by atoms with E-state index in [0.29, 0.717) is 11.7 Å². The van der Waals surface area contributed by atoms with Gasteiger partial charge in [0.2, 0.25) is 0 Å². The molecule has 6 heteroatoms. The summed E-state index contributed by atoms with van der Waals surface area (Å²) in [5.41, 5.74) is 1.86. The molecule has 22 heavy (non-hydrogen) atoms. The number of nitrogens with zero attached hydrogens (tertiary/aromatic N) is 1. The van der Waals surface area contributed by atoms with Gasteiger partial charge in [-0.1, -0.05) is 35.6 Å². The number of rotatable bonds is 4. The van der Waals surface area contributed by atoms with Gasteiger partial charge in [-0.25, -0.2) is 9.78 Å². The number of benzene rings is 2. The molecule has 0 saturated carbocycles. The molecule has 0 bridgehead atoms. The molecule has 0 spiro atoms. The van der Waals surface area contributed by atoms with Crippen LogP contribution in [0.1, 0.15) is 5.56 Å². The first-order valence-electron chi connectivity index (χ1n) is 6.78. The van der Waals surface area contributed by atoms with Crippen LogP contribution in [0.2, 0.25) is 0 Å². The Morgan fingerprint density at radius 2 is 2.09 bits per heavy atom. The van der Waals surface area contributed by atoms with Crippen molar-refractivity contribution in [2.45, 2.75) is 6.54 Å². The molecule has 2 aromatic carbocycles. The minimum atomic E-state index is -0.276. The van der Waals surface area contributed by atoms with E-state index >= 15 is 0 Å². The molecular weight excluding hydrogens is 298 g/mol. The van der Waals surface area contributed by atoms with Gasteiger partial charge in [0.15, 0.2) is 5.13 Å². The average Bonchev–Trinajstić information content (AvgIpc) is 2.95. The quantitative estimate of drug-likeness (QED) is 0.773. The topological polar surface area (TPSA) is 63.2 Å². The van der Waals surface area contributed by atoms with Gasteiger partial charge < -0.3 is 10.1 Å². The Morgan fingerprint density at radius 3 is 2.91 bits per heavy atom. The summed E-state index contributed by atoms with van der Waals surface area (Å²) in [5.74, 6) is 0.769. The predicted molar refractivity (Wildman–Crippen MR) is 88.5 cm³/mol. The number of amides is 2. The molecule has 0 aliphatic rings. The smallest absolute Gasteiger partial charge is 0.321 e. The monoisotopic (exact) mass is 313 g/mol. The zero-order chi connectivity index (χ0) is 15.4. The number of thiazole rings is 1. The standard InChI is InChI=1S/C16H15N3O2S/c1-21-12-6-4-5-11(9-12)10-17-15(20)19-16-18-13-7-2-3-8-14(13)22-16/h2-9H,10H2,1H3,(H2,17,18,19,20). The van der Waals surface area contributed by atoms with E-state index in [-0.39, 0.29) is 6.03 Å². The molecule has 5 nitrogen and oxygen atoms in total. The molecular formula is C16H15N3O2S. The molecule has 0 radical (unpaired) electrons. The largest absolute Gasteiger partial charge is 0.497 e. The van der Waals surface area contributed by atoms with Crippen molar-refractivity contribution in [3.8, 4) is 5.75 Å². The minimum Gasteiger partial charge on any atom is -0.497 e. The maximum Gasteiger partial charge on any atom is 0.321 e. The van der Waals surface area contributed by atoms with Crippen molar-refractivity contribution >= 4 is 32.7 Å². The number of nitrogens with one attached hydrogen (secondary N) is 2. The third-order valence-corrected chi connectivity index (χ3v) is 4.05. The van der Waals surface area contributed by atoms with Crippen LogP contribution < -0.4 is 15.4 Å². The van der Waals surface area contributed by atoms with Crippen molar-refractivity contribution in [1.82, 2.24) is 10.3 Å². The van der Waals surface area contributed by atoms with Crippen molar-refractivity contribution in [3.05, 3.63) is 54.1 Å². The van der Waals surface area contributed by atoms with Gasteiger partial charge in [-0.15, -0.1) is 0 Å². The van der Waals surface area contributed by atoms with Crippen molar-refractivity contribution < 1.29 is 9.53 Å². The lowest BCUT2D eigenvalue weighted by Gasteiger charge is -2.07. The van der Waals surface area contributed by atoms with Crippen LogP contribution in [0.25, 0.3) is 10.2 Å². The molecule has 0 aliphatic heterocycles. The summed E-state index contributed by atoms with van der Waals surface area (Å²) in [5, 5.41) is 6.15. The van der Waals surface area contributed by atoms with E-state index in [1.54, 1.807) is 7.11 Å². The molecule has 0 atom stereocenters. The highest BCUT2D eigenvalue weighted by molar-refractivity contribution is 7.22. The van der Waals surface area contributed by atoms with Crippen LogP contribution in [-0.2, 0) is 6.54 Å². The molecule has 2 amide bonds. The summed E-state index contributed by atoms with van der Waals surface area (Å²) in [4.78, 5) is 16.3. The fraction of sp³-hybridized carbons (Fsp3) is 0.125. The van der Waals surface area contributed by atoms with Gasteiger partial charge in [0.1, 0.15) is 5.75 Å². The molecule has 3 rings (SSSR count). The lowest BCUT2D eigenvalue weighted by atomic mass is 10.2. The van der Waals surface area contributed by atoms with Crippen LogP contribution in [-0.4, -0.2) is 18.1 Å². The first-order chi connectivity index (χ1) is 10.7. The van der Waals surface area contributed by atoms with Gasteiger partial charge in [0.25, 0.3) is 0 Å². The van der Waals surface area contributed by atoms with E-state index in [9.17, 15) is 4.79 Å². The summed E-state index contributed by atoms with van der Waals surface area (Å²) in [7, 11) is 1.62. The molecule has 2 N–H and O–H groups in total. The van der Waals surface area contributed by atoms with Crippen LogP contribution in [0.4, 0.5) is 9.93 Å². The second kappa shape index (κ2) is 6.44. The third kappa shape index (κ3) is 3.35. The van der Waals surface area contributed by atoms with E-state index in [0.717, 1.165) is 21.5 Å². The Balaban J connectivity index is 1.60. The van der Waals surface area contributed by atoms with Crippen LogP contribution >= 0.6 is 11.3 Å². The van der Waals surface area contributed by atoms with Gasteiger partial charge >= 0.3 is 6.03 Å². The Labute approximate surface area is 131 Å². The zero-order valence-corrected chi connectivity index (χ0v) is 12.8. The lowest BCUT2D eigenvalue weighted by Crippen LogP contribution is -2.28.